The van der Waals surface area contributed by atoms with Crippen molar-refractivity contribution in [3.63, 3.8) is 0 Å². The zero-order valence-electron chi connectivity index (χ0n) is 19.7. The number of piperazine rings is 1. The van der Waals surface area contributed by atoms with Gasteiger partial charge < -0.3 is 33.4 Å². The van der Waals surface area contributed by atoms with Crippen molar-refractivity contribution in [2.45, 2.75) is 6.42 Å². The van der Waals surface area contributed by atoms with Gasteiger partial charge in [-0.3, -0.25) is 9.59 Å². The molecule has 2 aromatic rings. The normalized spacial score (nSPS) is 14.2. The second-order valence-corrected chi connectivity index (χ2v) is 7.86. The Morgan fingerprint density at radius 1 is 1.06 bits per heavy atom. The lowest BCUT2D eigenvalue weighted by Gasteiger charge is -2.33. The molecule has 1 aliphatic heterocycles. The number of carbonyl (C=O) groups is 2. The maximum atomic E-state index is 13.2. The molecule has 0 radical (unpaired) electrons. The maximum Gasteiger partial charge on any atom is 0.276 e. The SMILES string of the molecule is COCCN(CCC(=O)N1CCN(C)CC1)C(=O)c1cc(-c2cc(OC)ccc2OC)on1. The van der Waals surface area contributed by atoms with Crippen molar-refractivity contribution in [3.8, 4) is 22.8 Å². The Kier molecular flexibility index (Phi) is 8.67. The van der Waals surface area contributed by atoms with Gasteiger partial charge in [0.05, 0.1) is 26.4 Å². The number of nitrogens with zero attached hydrogens (tertiary/aromatic N) is 4. The zero-order chi connectivity index (χ0) is 23.8. The van der Waals surface area contributed by atoms with Crippen LogP contribution in [0.5, 0.6) is 11.5 Å². The quantitative estimate of drug-likeness (QED) is 0.528. The van der Waals surface area contributed by atoms with Crippen LogP contribution in [0.15, 0.2) is 28.8 Å². The molecule has 1 aromatic carbocycles. The standard InChI is InChI=1S/C23H32N4O6/c1-25-9-11-26(12-10-25)22(28)7-8-27(13-14-30-2)23(29)19-16-21(33-24-19)18-15-17(31-3)5-6-20(18)32-4/h5-6,15-16H,7-14H2,1-4H3. The van der Waals surface area contributed by atoms with Crippen molar-refractivity contribution in [2.24, 2.45) is 0 Å². The lowest BCUT2D eigenvalue weighted by atomic mass is 10.1. The monoisotopic (exact) mass is 460 g/mol. The summed E-state index contributed by atoms with van der Waals surface area (Å²) in [5.74, 6) is 1.30. The number of hydrogen-bond donors (Lipinski definition) is 0. The Morgan fingerprint density at radius 3 is 2.48 bits per heavy atom. The molecule has 1 aromatic heterocycles. The van der Waals surface area contributed by atoms with E-state index in [0.29, 0.717) is 49.1 Å². The molecule has 0 spiro atoms. The molecule has 1 saturated heterocycles. The number of ether oxygens (including phenoxy) is 3. The maximum absolute atomic E-state index is 13.2. The highest BCUT2D eigenvalue weighted by Crippen LogP contribution is 2.33. The number of methoxy groups -OCH3 is 3. The summed E-state index contributed by atoms with van der Waals surface area (Å²) in [4.78, 5) is 31.4. The fourth-order valence-corrected chi connectivity index (χ4v) is 3.63. The molecule has 0 N–H and O–H groups in total. The van der Waals surface area contributed by atoms with Crippen molar-refractivity contribution < 1.29 is 28.3 Å². The van der Waals surface area contributed by atoms with Crippen molar-refractivity contribution in [1.29, 1.82) is 0 Å². The minimum absolute atomic E-state index is 0.0419. The Hall–Kier alpha value is -3.11. The average molecular weight is 461 g/mol. The molecule has 0 aliphatic carbocycles. The molecule has 1 fully saturated rings. The van der Waals surface area contributed by atoms with Crippen LogP contribution in [0.2, 0.25) is 0 Å². The van der Waals surface area contributed by atoms with Gasteiger partial charge in [-0.05, 0) is 25.2 Å². The molecule has 1 aliphatic rings. The summed E-state index contributed by atoms with van der Waals surface area (Å²) in [5, 5.41) is 3.97. The summed E-state index contributed by atoms with van der Waals surface area (Å²) >= 11 is 0. The fourth-order valence-electron chi connectivity index (χ4n) is 3.63. The molecule has 0 saturated carbocycles. The topological polar surface area (TPSA) is 97.6 Å². The predicted molar refractivity (Wildman–Crippen MR) is 122 cm³/mol. The highest BCUT2D eigenvalue weighted by atomic mass is 16.5. The molecule has 180 valence electrons. The van der Waals surface area contributed by atoms with Gasteiger partial charge in [0.25, 0.3) is 5.91 Å². The van der Waals surface area contributed by atoms with E-state index < -0.39 is 0 Å². The first-order valence-electron chi connectivity index (χ1n) is 10.9. The number of carbonyl (C=O) groups excluding carboxylic acids is 2. The molecule has 0 bridgehead atoms. The molecular formula is C23H32N4O6. The molecule has 33 heavy (non-hydrogen) atoms. The van der Waals surface area contributed by atoms with Crippen LogP contribution in [0.4, 0.5) is 0 Å². The van der Waals surface area contributed by atoms with Gasteiger partial charge in [0.2, 0.25) is 5.91 Å². The van der Waals surface area contributed by atoms with E-state index in [-0.39, 0.29) is 30.5 Å². The molecule has 2 heterocycles. The van der Waals surface area contributed by atoms with E-state index in [1.807, 2.05) is 11.9 Å². The first-order valence-corrected chi connectivity index (χ1v) is 10.9. The second-order valence-electron chi connectivity index (χ2n) is 7.86. The van der Waals surface area contributed by atoms with Crippen LogP contribution in [0.1, 0.15) is 16.9 Å². The first-order chi connectivity index (χ1) is 16.0. The third-order valence-electron chi connectivity index (χ3n) is 5.71. The van der Waals surface area contributed by atoms with Gasteiger partial charge in [-0.15, -0.1) is 0 Å². The van der Waals surface area contributed by atoms with Crippen molar-refractivity contribution >= 4 is 11.8 Å². The van der Waals surface area contributed by atoms with Crippen molar-refractivity contribution in [3.05, 3.63) is 30.0 Å². The van der Waals surface area contributed by atoms with Crippen LogP contribution < -0.4 is 9.47 Å². The number of rotatable bonds is 10. The number of likely N-dealkylation sites (N-methyl/N-ethyl adjacent to an activating group) is 1. The van der Waals surface area contributed by atoms with Gasteiger partial charge in [-0.2, -0.15) is 0 Å². The highest BCUT2D eigenvalue weighted by molar-refractivity contribution is 5.93. The molecule has 0 unspecified atom stereocenters. The van der Waals surface area contributed by atoms with E-state index in [1.54, 1.807) is 50.5 Å². The number of benzene rings is 1. The van der Waals surface area contributed by atoms with Crippen LogP contribution in [0.3, 0.4) is 0 Å². The minimum Gasteiger partial charge on any atom is -0.497 e. The number of hydrogen-bond acceptors (Lipinski definition) is 8. The first kappa shape index (κ1) is 24.5. The van der Waals surface area contributed by atoms with E-state index in [1.165, 1.54) is 0 Å². The summed E-state index contributed by atoms with van der Waals surface area (Å²) in [5.41, 5.74) is 0.773. The van der Waals surface area contributed by atoms with Crippen LogP contribution in [0, 0.1) is 0 Å². The van der Waals surface area contributed by atoms with Gasteiger partial charge in [0.15, 0.2) is 11.5 Å². The smallest absolute Gasteiger partial charge is 0.276 e. The molecule has 10 heteroatoms. The number of aromatic nitrogens is 1. The van der Waals surface area contributed by atoms with E-state index in [0.717, 1.165) is 13.1 Å². The lowest BCUT2D eigenvalue weighted by Crippen LogP contribution is -2.48. The van der Waals surface area contributed by atoms with E-state index in [4.69, 9.17) is 18.7 Å². The third-order valence-corrected chi connectivity index (χ3v) is 5.71. The van der Waals surface area contributed by atoms with Crippen LogP contribution in [-0.2, 0) is 9.53 Å². The summed E-state index contributed by atoms with van der Waals surface area (Å²) in [7, 11) is 6.73. The zero-order valence-corrected chi connectivity index (χ0v) is 19.7. The number of amides is 2. The minimum atomic E-state index is -0.324. The van der Waals surface area contributed by atoms with E-state index in [2.05, 4.69) is 10.1 Å². The lowest BCUT2D eigenvalue weighted by molar-refractivity contribution is -0.133. The Balaban J connectivity index is 1.71. The largest absolute Gasteiger partial charge is 0.497 e. The predicted octanol–water partition coefficient (Wildman–Crippen LogP) is 1.61. The molecule has 3 rings (SSSR count). The van der Waals surface area contributed by atoms with Gasteiger partial charge >= 0.3 is 0 Å². The Morgan fingerprint density at radius 2 is 1.82 bits per heavy atom. The summed E-state index contributed by atoms with van der Waals surface area (Å²) in [6, 6.07) is 6.86. The molecule has 0 atom stereocenters. The highest BCUT2D eigenvalue weighted by Gasteiger charge is 2.24. The van der Waals surface area contributed by atoms with Crippen molar-refractivity contribution in [1.82, 2.24) is 19.9 Å². The second kappa shape index (κ2) is 11.7. The molecular weight excluding hydrogens is 428 g/mol. The van der Waals surface area contributed by atoms with Crippen molar-refractivity contribution in [2.75, 3.05) is 74.3 Å². The van der Waals surface area contributed by atoms with Gasteiger partial charge in [-0.1, -0.05) is 5.16 Å². The Labute approximate surface area is 194 Å². The molecule has 2 amide bonds. The van der Waals surface area contributed by atoms with Crippen LogP contribution in [-0.4, -0.2) is 106 Å². The van der Waals surface area contributed by atoms with Crippen LogP contribution >= 0.6 is 0 Å². The summed E-state index contributed by atoms with van der Waals surface area (Å²) < 4.78 is 21.3. The van der Waals surface area contributed by atoms with Gasteiger partial charge in [0.1, 0.15) is 11.5 Å². The fraction of sp³-hybridized carbons (Fsp3) is 0.522. The average Bonchev–Trinajstić information content (AvgIpc) is 3.33. The summed E-state index contributed by atoms with van der Waals surface area (Å²) in [6.07, 6.45) is 0.244. The summed E-state index contributed by atoms with van der Waals surface area (Å²) in [6.45, 7) is 4.09. The van der Waals surface area contributed by atoms with Crippen LogP contribution in [0.25, 0.3) is 11.3 Å². The molecule has 10 nitrogen and oxygen atoms in total. The van der Waals surface area contributed by atoms with Gasteiger partial charge in [-0.25, -0.2) is 0 Å². The van der Waals surface area contributed by atoms with Gasteiger partial charge in [0, 0.05) is 58.9 Å². The van der Waals surface area contributed by atoms with E-state index in [9.17, 15) is 9.59 Å². The third kappa shape index (κ3) is 6.23. The Bertz CT molecular complexity index is 939. The van der Waals surface area contributed by atoms with E-state index >= 15 is 0 Å².